The first kappa shape index (κ1) is 19.0. The Kier molecular flexibility index (Phi) is 6.12. The van der Waals surface area contributed by atoms with Crippen LogP contribution in [0.25, 0.3) is 0 Å². The predicted octanol–water partition coefficient (Wildman–Crippen LogP) is 2.95. The number of benzene rings is 1. The Morgan fingerprint density at radius 1 is 1.15 bits per heavy atom. The molecule has 1 amide bonds. The zero-order chi connectivity index (χ0) is 19.2. The number of amides is 1. The Morgan fingerprint density at radius 2 is 1.85 bits per heavy atom. The van der Waals surface area contributed by atoms with E-state index in [2.05, 4.69) is 20.2 Å². The first-order chi connectivity index (χ1) is 13.1. The molecule has 1 N–H and O–H groups in total. The van der Waals surface area contributed by atoms with Gasteiger partial charge in [-0.1, -0.05) is 29.3 Å². The summed E-state index contributed by atoms with van der Waals surface area (Å²) in [5.74, 6) is 0.144. The Balaban J connectivity index is 1.64. The van der Waals surface area contributed by atoms with Gasteiger partial charge in [-0.3, -0.25) is 4.79 Å². The monoisotopic (exact) mass is 402 g/mol. The highest BCUT2D eigenvalue weighted by Crippen LogP contribution is 2.29. The second kappa shape index (κ2) is 8.71. The molecule has 1 aliphatic heterocycles. The molecule has 27 heavy (non-hydrogen) atoms. The number of nitrogens with zero attached hydrogens (tertiary/aromatic N) is 5. The Labute approximate surface area is 166 Å². The van der Waals surface area contributed by atoms with Gasteiger partial charge in [0.15, 0.2) is 0 Å². The van der Waals surface area contributed by atoms with Crippen LogP contribution in [0.2, 0.25) is 10.0 Å². The van der Waals surface area contributed by atoms with Crippen molar-refractivity contribution in [2.24, 2.45) is 0 Å². The van der Waals surface area contributed by atoms with Gasteiger partial charge in [-0.05, 0) is 18.2 Å². The van der Waals surface area contributed by atoms with Crippen molar-refractivity contribution < 1.29 is 4.79 Å². The van der Waals surface area contributed by atoms with Gasteiger partial charge in [0.2, 0.25) is 5.95 Å². The number of piperazine rings is 1. The van der Waals surface area contributed by atoms with E-state index in [1.165, 1.54) is 0 Å². The number of aromatic nitrogens is 2. The highest BCUT2D eigenvalue weighted by atomic mass is 35.5. The van der Waals surface area contributed by atoms with E-state index >= 15 is 0 Å². The van der Waals surface area contributed by atoms with Crippen LogP contribution in [-0.4, -0.2) is 47.0 Å². The minimum absolute atomic E-state index is 0.00421. The number of hydrogen-bond acceptors (Lipinski definition) is 6. The third-order valence-corrected chi connectivity index (χ3v) is 4.84. The van der Waals surface area contributed by atoms with Crippen LogP contribution in [0, 0.1) is 11.3 Å². The predicted molar refractivity (Wildman–Crippen MR) is 105 cm³/mol. The molecule has 2 aromatic rings. The summed E-state index contributed by atoms with van der Waals surface area (Å²) >= 11 is 12.0. The van der Waals surface area contributed by atoms with Gasteiger partial charge in [-0.2, -0.15) is 5.26 Å². The second-order valence-corrected chi connectivity index (χ2v) is 6.57. The van der Waals surface area contributed by atoms with E-state index < -0.39 is 5.91 Å². The summed E-state index contributed by atoms with van der Waals surface area (Å²) in [5.41, 5.74) is 0.358. The van der Waals surface area contributed by atoms with Crippen molar-refractivity contribution in [2.45, 2.75) is 0 Å². The number of halogens is 2. The average molecular weight is 403 g/mol. The van der Waals surface area contributed by atoms with Gasteiger partial charge in [-0.25, -0.2) is 9.97 Å². The third kappa shape index (κ3) is 4.67. The molecule has 0 unspecified atom stereocenters. The molecule has 1 saturated heterocycles. The standard InChI is InChI=1S/C18H16Cl2N6O/c19-14-3-1-4-15(16(14)20)24-17(27)13(11-21)12-25-7-9-26(10-8-25)18-22-5-2-6-23-18/h1-6,12H,7-10H2,(H,24,27)/b13-12-. The fourth-order valence-corrected chi connectivity index (χ4v) is 2.96. The molecular formula is C18H16Cl2N6O. The third-order valence-electron chi connectivity index (χ3n) is 4.03. The Morgan fingerprint density at radius 3 is 2.52 bits per heavy atom. The van der Waals surface area contributed by atoms with Crippen molar-refractivity contribution in [3.63, 3.8) is 0 Å². The minimum atomic E-state index is -0.532. The quantitative estimate of drug-likeness (QED) is 0.624. The summed E-state index contributed by atoms with van der Waals surface area (Å²) in [5, 5.41) is 12.6. The summed E-state index contributed by atoms with van der Waals surface area (Å²) in [6, 6.07) is 8.63. The van der Waals surface area contributed by atoms with Crippen molar-refractivity contribution >= 4 is 40.7 Å². The number of hydrogen-bond donors (Lipinski definition) is 1. The first-order valence-electron chi connectivity index (χ1n) is 8.22. The van der Waals surface area contributed by atoms with Crippen molar-refractivity contribution in [2.75, 3.05) is 36.4 Å². The molecule has 1 fully saturated rings. The highest BCUT2D eigenvalue weighted by molar-refractivity contribution is 6.44. The van der Waals surface area contributed by atoms with Gasteiger partial charge in [0.05, 0.1) is 15.7 Å². The fraction of sp³-hybridized carbons (Fsp3) is 0.222. The van der Waals surface area contributed by atoms with E-state index in [0.717, 1.165) is 0 Å². The molecule has 0 saturated carbocycles. The Hall–Kier alpha value is -2.82. The number of rotatable bonds is 4. The molecule has 2 heterocycles. The molecule has 0 aliphatic carbocycles. The van der Waals surface area contributed by atoms with Gasteiger partial charge in [0.1, 0.15) is 11.6 Å². The second-order valence-electron chi connectivity index (χ2n) is 5.78. The van der Waals surface area contributed by atoms with Crippen LogP contribution in [0.4, 0.5) is 11.6 Å². The van der Waals surface area contributed by atoms with Gasteiger partial charge in [-0.15, -0.1) is 0 Å². The highest BCUT2D eigenvalue weighted by Gasteiger charge is 2.19. The Bertz CT molecular complexity index is 888. The molecule has 1 aromatic carbocycles. The molecule has 138 valence electrons. The molecule has 0 atom stereocenters. The summed E-state index contributed by atoms with van der Waals surface area (Å²) < 4.78 is 0. The van der Waals surface area contributed by atoms with E-state index in [1.807, 2.05) is 11.0 Å². The molecule has 1 aromatic heterocycles. The molecule has 1 aliphatic rings. The molecule has 0 radical (unpaired) electrons. The van der Waals surface area contributed by atoms with Crippen molar-refractivity contribution in [1.29, 1.82) is 5.26 Å². The smallest absolute Gasteiger partial charge is 0.267 e. The zero-order valence-corrected chi connectivity index (χ0v) is 15.8. The molecule has 9 heteroatoms. The normalized spacial score (nSPS) is 14.6. The molecule has 7 nitrogen and oxygen atoms in total. The lowest BCUT2D eigenvalue weighted by Crippen LogP contribution is -2.45. The van der Waals surface area contributed by atoms with Crippen molar-refractivity contribution in [1.82, 2.24) is 14.9 Å². The first-order valence-corrected chi connectivity index (χ1v) is 8.97. The number of carbonyl (C=O) groups excluding carboxylic acids is 1. The fourth-order valence-electron chi connectivity index (χ4n) is 2.62. The SMILES string of the molecule is N#C/C(=C/N1CCN(c2ncccn2)CC1)C(=O)Nc1cccc(Cl)c1Cl. The van der Waals surface area contributed by atoms with Crippen LogP contribution in [0.5, 0.6) is 0 Å². The summed E-state index contributed by atoms with van der Waals surface area (Å²) in [6.45, 7) is 2.69. The minimum Gasteiger partial charge on any atom is -0.373 e. The van der Waals surface area contributed by atoms with Crippen LogP contribution < -0.4 is 10.2 Å². The number of nitriles is 1. The number of anilines is 2. The summed E-state index contributed by atoms with van der Waals surface area (Å²) in [6.07, 6.45) is 4.97. The van der Waals surface area contributed by atoms with E-state index in [0.29, 0.717) is 42.8 Å². The topological polar surface area (TPSA) is 85.2 Å². The molecule has 0 spiro atoms. The lowest BCUT2D eigenvalue weighted by Gasteiger charge is -2.34. The van der Waals surface area contributed by atoms with E-state index in [-0.39, 0.29) is 10.6 Å². The summed E-state index contributed by atoms with van der Waals surface area (Å²) in [7, 11) is 0. The molecule has 3 rings (SSSR count). The maximum atomic E-state index is 12.4. The zero-order valence-electron chi connectivity index (χ0n) is 14.3. The van der Waals surface area contributed by atoms with Gasteiger partial charge < -0.3 is 15.1 Å². The number of carbonyl (C=O) groups is 1. The van der Waals surface area contributed by atoms with Crippen molar-refractivity contribution in [3.05, 3.63) is 58.5 Å². The van der Waals surface area contributed by atoms with Gasteiger partial charge in [0.25, 0.3) is 5.91 Å². The lowest BCUT2D eigenvalue weighted by atomic mass is 10.2. The summed E-state index contributed by atoms with van der Waals surface area (Å²) in [4.78, 5) is 24.9. The average Bonchev–Trinajstić information content (AvgIpc) is 2.70. The largest absolute Gasteiger partial charge is 0.373 e. The number of nitrogens with one attached hydrogen (secondary N) is 1. The molecular weight excluding hydrogens is 387 g/mol. The van der Waals surface area contributed by atoms with Crippen LogP contribution >= 0.6 is 23.2 Å². The van der Waals surface area contributed by atoms with Gasteiger partial charge >= 0.3 is 0 Å². The van der Waals surface area contributed by atoms with E-state index in [1.54, 1.807) is 42.9 Å². The van der Waals surface area contributed by atoms with Crippen molar-refractivity contribution in [3.8, 4) is 6.07 Å². The van der Waals surface area contributed by atoms with Crippen LogP contribution in [0.3, 0.4) is 0 Å². The maximum absolute atomic E-state index is 12.4. The maximum Gasteiger partial charge on any atom is 0.267 e. The van der Waals surface area contributed by atoms with Crippen LogP contribution in [0.15, 0.2) is 48.4 Å². The van der Waals surface area contributed by atoms with Crippen LogP contribution in [-0.2, 0) is 4.79 Å². The van der Waals surface area contributed by atoms with E-state index in [4.69, 9.17) is 23.2 Å². The lowest BCUT2D eigenvalue weighted by molar-refractivity contribution is -0.112. The van der Waals surface area contributed by atoms with Crippen LogP contribution in [0.1, 0.15) is 0 Å². The van der Waals surface area contributed by atoms with E-state index in [9.17, 15) is 10.1 Å². The van der Waals surface area contributed by atoms with Gasteiger partial charge in [0, 0.05) is 44.8 Å². The molecule has 0 bridgehead atoms.